The molecule has 3 rings (SSSR count). The van der Waals surface area contributed by atoms with Gasteiger partial charge < -0.3 is 5.32 Å². The predicted molar refractivity (Wildman–Crippen MR) is 77.0 cm³/mol. The fourth-order valence-corrected chi connectivity index (χ4v) is 3.03. The molecular formula is C14H17N3O2S. The minimum absolute atomic E-state index is 0.333. The highest BCUT2D eigenvalue weighted by Crippen LogP contribution is 2.17. The van der Waals surface area contributed by atoms with E-state index < -0.39 is 9.84 Å². The Morgan fingerprint density at radius 1 is 1.15 bits per heavy atom. The number of hydrogen-bond donors (Lipinski definition) is 1. The molecular weight excluding hydrogens is 274 g/mol. The molecule has 5 nitrogen and oxygen atoms in total. The zero-order valence-electron chi connectivity index (χ0n) is 11.3. The number of aromatic nitrogens is 2. The number of fused-ring (bicyclic) bond motifs is 1. The predicted octanol–water partition coefficient (Wildman–Crippen LogP) is 0.964. The second kappa shape index (κ2) is 5.03. The van der Waals surface area contributed by atoms with Crippen LogP contribution >= 0.6 is 0 Å². The second-order valence-electron chi connectivity index (χ2n) is 5.06. The van der Waals surface area contributed by atoms with E-state index in [4.69, 9.17) is 0 Å². The molecule has 0 saturated carbocycles. The molecule has 1 aliphatic rings. The Morgan fingerprint density at radius 2 is 1.85 bits per heavy atom. The lowest BCUT2D eigenvalue weighted by molar-refractivity contribution is 0.602. The van der Waals surface area contributed by atoms with Gasteiger partial charge in [0.15, 0.2) is 9.84 Å². The monoisotopic (exact) mass is 291 g/mol. The van der Waals surface area contributed by atoms with Crippen LogP contribution in [0.1, 0.15) is 11.3 Å². The maximum Gasteiger partial charge on any atom is 0.175 e. The Hall–Kier alpha value is -1.66. The van der Waals surface area contributed by atoms with Crippen molar-refractivity contribution < 1.29 is 8.42 Å². The van der Waals surface area contributed by atoms with Crippen LogP contribution in [0.25, 0.3) is 5.69 Å². The minimum Gasteiger partial charge on any atom is -0.316 e. The maximum atomic E-state index is 11.4. The first kappa shape index (κ1) is 13.3. The Kier molecular flexibility index (Phi) is 3.35. The number of benzene rings is 1. The normalized spacial score (nSPS) is 15.7. The van der Waals surface area contributed by atoms with Crippen LogP contribution in [0, 0.1) is 0 Å². The molecule has 0 bridgehead atoms. The molecule has 0 spiro atoms. The maximum absolute atomic E-state index is 11.4. The Balaban J connectivity index is 1.93. The summed E-state index contributed by atoms with van der Waals surface area (Å²) in [7, 11) is -3.15. The van der Waals surface area contributed by atoms with E-state index in [-0.39, 0.29) is 0 Å². The summed E-state index contributed by atoms with van der Waals surface area (Å²) in [6.45, 7) is 1.93. The van der Waals surface area contributed by atoms with E-state index in [9.17, 15) is 8.42 Å². The van der Waals surface area contributed by atoms with E-state index in [0.717, 1.165) is 37.3 Å². The van der Waals surface area contributed by atoms with Crippen LogP contribution in [0.3, 0.4) is 0 Å². The summed E-state index contributed by atoms with van der Waals surface area (Å²) in [5, 5.41) is 7.95. The third-order valence-corrected chi connectivity index (χ3v) is 4.64. The molecule has 0 fully saturated rings. The van der Waals surface area contributed by atoms with Crippen molar-refractivity contribution in [1.82, 2.24) is 15.1 Å². The molecule has 1 aromatic carbocycles. The van der Waals surface area contributed by atoms with Gasteiger partial charge in [-0.05, 0) is 42.8 Å². The van der Waals surface area contributed by atoms with Crippen molar-refractivity contribution >= 4 is 9.84 Å². The first-order chi connectivity index (χ1) is 9.54. The number of nitrogens with one attached hydrogen (secondary N) is 1. The van der Waals surface area contributed by atoms with Crippen molar-refractivity contribution in [3.05, 3.63) is 41.7 Å². The van der Waals surface area contributed by atoms with Gasteiger partial charge in [0.1, 0.15) is 0 Å². The summed E-state index contributed by atoms with van der Waals surface area (Å²) >= 11 is 0. The molecule has 0 amide bonds. The molecule has 2 heterocycles. The Labute approximate surface area is 118 Å². The highest BCUT2D eigenvalue weighted by Gasteiger charge is 2.13. The third kappa shape index (κ3) is 2.62. The first-order valence-corrected chi connectivity index (χ1v) is 8.52. The summed E-state index contributed by atoms with van der Waals surface area (Å²) in [6, 6.07) is 6.83. The summed E-state index contributed by atoms with van der Waals surface area (Å²) in [5.41, 5.74) is 3.28. The number of rotatable bonds is 2. The van der Waals surface area contributed by atoms with Gasteiger partial charge in [-0.3, -0.25) is 0 Å². The van der Waals surface area contributed by atoms with Crippen molar-refractivity contribution in [3.63, 3.8) is 0 Å². The van der Waals surface area contributed by atoms with Crippen molar-refractivity contribution in [2.45, 2.75) is 17.7 Å². The third-order valence-electron chi connectivity index (χ3n) is 3.52. The van der Waals surface area contributed by atoms with E-state index >= 15 is 0 Å². The lowest BCUT2D eigenvalue weighted by Gasteiger charge is -2.03. The smallest absolute Gasteiger partial charge is 0.175 e. The zero-order valence-corrected chi connectivity index (χ0v) is 12.2. The standard InChI is InChI=1S/C14H17N3O2S/c1-20(18,19)13-4-2-12(3-5-13)17-10-11-6-8-15-9-7-14(11)16-17/h2-5,10,15H,6-9H2,1H3. The summed E-state index contributed by atoms with van der Waals surface area (Å²) in [4.78, 5) is 0.333. The molecule has 20 heavy (non-hydrogen) atoms. The largest absolute Gasteiger partial charge is 0.316 e. The number of nitrogens with zero attached hydrogens (tertiary/aromatic N) is 2. The van der Waals surface area contributed by atoms with E-state index in [1.807, 2.05) is 10.9 Å². The van der Waals surface area contributed by atoms with Crippen LogP contribution in [-0.2, 0) is 22.7 Å². The van der Waals surface area contributed by atoms with Crippen molar-refractivity contribution in [1.29, 1.82) is 0 Å². The van der Waals surface area contributed by atoms with Gasteiger partial charge in [-0.25, -0.2) is 13.1 Å². The van der Waals surface area contributed by atoms with E-state index in [1.165, 1.54) is 11.8 Å². The van der Waals surface area contributed by atoms with Crippen LogP contribution in [0.2, 0.25) is 0 Å². The van der Waals surface area contributed by atoms with E-state index in [1.54, 1.807) is 24.3 Å². The van der Waals surface area contributed by atoms with Crippen molar-refractivity contribution in [2.24, 2.45) is 0 Å². The van der Waals surface area contributed by atoms with E-state index in [0.29, 0.717) is 4.90 Å². The average Bonchev–Trinajstić information content (AvgIpc) is 2.69. The van der Waals surface area contributed by atoms with Crippen LogP contribution in [0.5, 0.6) is 0 Å². The van der Waals surface area contributed by atoms with Gasteiger partial charge in [0.05, 0.1) is 16.3 Å². The molecule has 0 aliphatic carbocycles. The molecule has 1 aliphatic heterocycles. The molecule has 0 saturated heterocycles. The SMILES string of the molecule is CS(=O)(=O)c1ccc(-n2cc3c(n2)CCNCC3)cc1. The summed E-state index contributed by atoms with van der Waals surface area (Å²) in [6.07, 6.45) is 5.17. The highest BCUT2D eigenvalue weighted by molar-refractivity contribution is 7.90. The minimum atomic E-state index is -3.15. The molecule has 1 aromatic heterocycles. The second-order valence-corrected chi connectivity index (χ2v) is 7.08. The number of hydrogen-bond acceptors (Lipinski definition) is 4. The summed E-state index contributed by atoms with van der Waals surface area (Å²) < 4.78 is 24.7. The summed E-state index contributed by atoms with van der Waals surface area (Å²) in [5.74, 6) is 0. The molecule has 6 heteroatoms. The fourth-order valence-electron chi connectivity index (χ4n) is 2.40. The van der Waals surface area contributed by atoms with Gasteiger partial charge in [0, 0.05) is 25.4 Å². The van der Waals surface area contributed by atoms with Crippen molar-refractivity contribution in [3.8, 4) is 5.69 Å². The van der Waals surface area contributed by atoms with Crippen LogP contribution in [0.15, 0.2) is 35.4 Å². The quantitative estimate of drug-likeness (QED) is 0.895. The average molecular weight is 291 g/mol. The Bertz CT molecular complexity index is 694. The fraction of sp³-hybridized carbons (Fsp3) is 0.357. The number of sulfone groups is 1. The lowest BCUT2D eigenvalue weighted by Crippen LogP contribution is -2.16. The topological polar surface area (TPSA) is 64.0 Å². The Morgan fingerprint density at radius 3 is 2.55 bits per heavy atom. The molecule has 1 N–H and O–H groups in total. The molecule has 2 aromatic rings. The van der Waals surface area contributed by atoms with Gasteiger partial charge in [-0.1, -0.05) is 0 Å². The molecule has 0 unspecified atom stereocenters. The van der Waals surface area contributed by atoms with Crippen LogP contribution in [-0.4, -0.2) is 37.5 Å². The van der Waals surface area contributed by atoms with Gasteiger partial charge in [0.2, 0.25) is 0 Å². The van der Waals surface area contributed by atoms with Gasteiger partial charge in [-0.15, -0.1) is 0 Å². The highest BCUT2D eigenvalue weighted by atomic mass is 32.2. The first-order valence-electron chi connectivity index (χ1n) is 6.63. The zero-order chi connectivity index (χ0) is 14.2. The van der Waals surface area contributed by atoms with E-state index in [2.05, 4.69) is 10.4 Å². The molecule has 0 radical (unpaired) electrons. The molecule has 106 valence electrons. The van der Waals surface area contributed by atoms with Gasteiger partial charge in [-0.2, -0.15) is 5.10 Å². The van der Waals surface area contributed by atoms with Gasteiger partial charge >= 0.3 is 0 Å². The van der Waals surface area contributed by atoms with Crippen LogP contribution < -0.4 is 5.32 Å². The van der Waals surface area contributed by atoms with Gasteiger partial charge in [0.25, 0.3) is 0 Å². The lowest BCUT2D eigenvalue weighted by atomic mass is 10.2. The van der Waals surface area contributed by atoms with Crippen LogP contribution in [0.4, 0.5) is 0 Å². The van der Waals surface area contributed by atoms with Crippen molar-refractivity contribution in [2.75, 3.05) is 19.3 Å². The molecule has 0 atom stereocenters.